The average Bonchev–Trinajstić information content (AvgIpc) is 2.27. The van der Waals surface area contributed by atoms with E-state index in [0.29, 0.717) is 6.04 Å². The van der Waals surface area contributed by atoms with Crippen molar-refractivity contribution in [2.24, 2.45) is 10.4 Å². The van der Waals surface area contributed by atoms with Gasteiger partial charge in [-0.05, 0) is 18.3 Å². The van der Waals surface area contributed by atoms with Gasteiger partial charge in [-0.15, -0.1) is 0 Å². The van der Waals surface area contributed by atoms with Crippen LogP contribution < -0.4 is 0 Å². The highest BCUT2D eigenvalue weighted by atomic mass is 16.5. The van der Waals surface area contributed by atoms with Gasteiger partial charge < -0.3 is 4.74 Å². The van der Waals surface area contributed by atoms with E-state index in [9.17, 15) is 0 Å². The van der Waals surface area contributed by atoms with Crippen LogP contribution in [0.5, 0.6) is 0 Å². The highest BCUT2D eigenvalue weighted by Gasteiger charge is 2.25. The van der Waals surface area contributed by atoms with E-state index in [2.05, 4.69) is 25.8 Å². The van der Waals surface area contributed by atoms with E-state index in [1.165, 1.54) is 19.3 Å². The highest BCUT2D eigenvalue weighted by molar-refractivity contribution is 5.76. The van der Waals surface area contributed by atoms with Crippen molar-refractivity contribution in [2.75, 3.05) is 7.11 Å². The third-order valence-electron chi connectivity index (χ3n) is 2.65. The molecule has 0 aromatic rings. The molecule has 0 aliphatic carbocycles. The van der Waals surface area contributed by atoms with Crippen LogP contribution in [0.25, 0.3) is 0 Å². The van der Waals surface area contributed by atoms with Crippen molar-refractivity contribution in [3.05, 3.63) is 0 Å². The zero-order valence-corrected chi connectivity index (χ0v) is 9.26. The topological polar surface area (TPSA) is 21.6 Å². The second-order valence-corrected chi connectivity index (χ2v) is 4.85. The first-order valence-electron chi connectivity index (χ1n) is 5.14. The highest BCUT2D eigenvalue weighted by Crippen LogP contribution is 2.29. The van der Waals surface area contributed by atoms with E-state index in [1.807, 2.05) is 0 Å². The van der Waals surface area contributed by atoms with Crippen LogP contribution >= 0.6 is 0 Å². The van der Waals surface area contributed by atoms with Crippen LogP contribution in [-0.2, 0) is 4.74 Å². The first-order chi connectivity index (χ1) is 6.04. The maximum atomic E-state index is 5.25. The van der Waals surface area contributed by atoms with E-state index < -0.39 is 0 Å². The van der Waals surface area contributed by atoms with Crippen LogP contribution in [-0.4, -0.2) is 19.0 Å². The molecule has 0 aromatic heterocycles. The monoisotopic (exact) mass is 183 g/mol. The van der Waals surface area contributed by atoms with E-state index in [0.717, 1.165) is 12.3 Å². The fraction of sp³-hybridized carbons (Fsp3) is 0.909. The maximum absolute atomic E-state index is 5.25. The molecule has 76 valence electrons. The molecule has 13 heavy (non-hydrogen) atoms. The summed E-state index contributed by atoms with van der Waals surface area (Å²) in [7, 11) is 1.73. The molecule has 2 heteroatoms. The first kappa shape index (κ1) is 10.6. The van der Waals surface area contributed by atoms with Crippen molar-refractivity contribution >= 4 is 5.90 Å². The Morgan fingerprint density at radius 2 is 2.00 bits per heavy atom. The number of ether oxygens (including phenoxy) is 1. The molecule has 0 N–H and O–H groups in total. The summed E-state index contributed by atoms with van der Waals surface area (Å²) < 4.78 is 5.25. The standard InChI is InChI=1S/C11H21NO/c1-11(2,3)9-7-5-6-8-10(12-9)13-4/h9H,5-8H2,1-4H3. The SMILES string of the molecule is COC1=NC(C(C)(C)C)CCCC1. The molecule has 0 saturated heterocycles. The molecule has 1 heterocycles. The molecule has 1 aliphatic heterocycles. The maximum Gasteiger partial charge on any atom is 0.183 e. The lowest BCUT2D eigenvalue weighted by Gasteiger charge is -2.26. The smallest absolute Gasteiger partial charge is 0.183 e. The molecule has 1 aliphatic rings. The van der Waals surface area contributed by atoms with E-state index in [1.54, 1.807) is 7.11 Å². The lowest BCUT2D eigenvalue weighted by Crippen LogP contribution is -2.25. The number of hydrogen-bond acceptors (Lipinski definition) is 2. The van der Waals surface area contributed by atoms with Crippen LogP contribution in [0.3, 0.4) is 0 Å². The number of hydrogen-bond donors (Lipinski definition) is 0. The Labute approximate surface area is 81.4 Å². The van der Waals surface area contributed by atoms with Crippen LogP contribution in [0, 0.1) is 5.41 Å². The van der Waals surface area contributed by atoms with Crippen LogP contribution in [0.1, 0.15) is 46.5 Å². The largest absolute Gasteiger partial charge is 0.484 e. The minimum absolute atomic E-state index is 0.272. The first-order valence-corrected chi connectivity index (χ1v) is 5.14. The van der Waals surface area contributed by atoms with Crippen LogP contribution in [0.15, 0.2) is 4.99 Å². The molecule has 0 radical (unpaired) electrons. The molecule has 0 bridgehead atoms. The van der Waals surface area contributed by atoms with Gasteiger partial charge in [0.1, 0.15) is 0 Å². The summed E-state index contributed by atoms with van der Waals surface area (Å²) >= 11 is 0. The molecule has 0 amide bonds. The number of aliphatic imine (C=N–C) groups is 1. The van der Waals surface area contributed by atoms with Crippen molar-refractivity contribution in [3.63, 3.8) is 0 Å². The van der Waals surface area contributed by atoms with E-state index >= 15 is 0 Å². The lowest BCUT2D eigenvalue weighted by molar-refractivity contribution is 0.299. The summed E-state index contributed by atoms with van der Waals surface area (Å²) in [5.41, 5.74) is 0.272. The summed E-state index contributed by atoms with van der Waals surface area (Å²) in [6.07, 6.45) is 4.72. The van der Waals surface area contributed by atoms with Gasteiger partial charge in [-0.3, -0.25) is 4.99 Å². The Balaban J connectivity index is 2.72. The molecule has 1 rings (SSSR count). The Morgan fingerprint density at radius 3 is 2.54 bits per heavy atom. The minimum Gasteiger partial charge on any atom is -0.484 e. The molecular formula is C11H21NO. The fourth-order valence-corrected chi connectivity index (χ4v) is 1.70. The molecule has 0 saturated carbocycles. The fourth-order valence-electron chi connectivity index (χ4n) is 1.70. The van der Waals surface area contributed by atoms with E-state index in [-0.39, 0.29) is 5.41 Å². The predicted molar refractivity (Wildman–Crippen MR) is 56.2 cm³/mol. The van der Waals surface area contributed by atoms with Gasteiger partial charge in [-0.25, -0.2) is 0 Å². The average molecular weight is 183 g/mol. The van der Waals surface area contributed by atoms with E-state index in [4.69, 9.17) is 4.74 Å². The minimum atomic E-state index is 0.272. The predicted octanol–water partition coefficient (Wildman–Crippen LogP) is 3.02. The summed E-state index contributed by atoms with van der Waals surface area (Å²) in [6, 6.07) is 0.435. The zero-order chi connectivity index (χ0) is 9.90. The number of rotatable bonds is 0. The van der Waals surface area contributed by atoms with Crippen molar-refractivity contribution in [3.8, 4) is 0 Å². The quantitative estimate of drug-likeness (QED) is 0.565. The molecule has 1 atom stereocenters. The summed E-state index contributed by atoms with van der Waals surface area (Å²) in [5.74, 6) is 0.942. The van der Waals surface area contributed by atoms with Crippen molar-refractivity contribution in [1.82, 2.24) is 0 Å². The van der Waals surface area contributed by atoms with Crippen LogP contribution in [0.2, 0.25) is 0 Å². The second kappa shape index (κ2) is 4.12. The second-order valence-electron chi connectivity index (χ2n) is 4.85. The molecule has 2 nitrogen and oxygen atoms in total. The van der Waals surface area contributed by atoms with Crippen molar-refractivity contribution in [1.29, 1.82) is 0 Å². The van der Waals surface area contributed by atoms with Gasteiger partial charge in [0.15, 0.2) is 5.90 Å². The van der Waals surface area contributed by atoms with Gasteiger partial charge in [-0.2, -0.15) is 0 Å². The normalized spacial score (nSPS) is 24.9. The third kappa shape index (κ3) is 3.02. The van der Waals surface area contributed by atoms with Gasteiger partial charge in [-0.1, -0.05) is 27.2 Å². The van der Waals surface area contributed by atoms with Gasteiger partial charge in [0.2, 0.25) is 0 Å². The molecule has 0 spiro atoms. The molecule has 0 fully saturated rings. The summed E-state index contributed by atoms with van der Waals surface area (Å²) in [4.78, 5) is 4.66. The Morgan fingerprint density at radius 1 is 1.31 bits per heavy atom. The van der Waals surface area contributed by atoms with Crippen LogP contribution in [0.4, 0.5) is 0 Å². The van der Waals surface area contributed by atoms with Crippen molar-refractivity contribution < 1.29 is 4.74 Å². The van der Waals surface area contributed by atoms with Gasteiger partial charge in [0.05, 0.1) is 13.2 Å². The zero-order valence-electron chi connectivity index (χ0n) is 9.26. The summed E-state index contributed by atoms with van der Waals surface area (Å²) in [5, 5.41) is 0. The Kier molecular flexibility index (Phi) is 3.34. The molecule has 1 unspecified atom stereocenters. The lowest BCUT2D eigenvalue weighted by atomic mass is 9.84. The third-order valence-corrected chi connectivity index (χ3v) is 2.65. The Bertz CT molecular complexity index is 191. The summed E-state index contributed by atoms with van der Waals surface area (Å²) in [6.45, 7) is 6.75. The van der Waals surface area contributed by atoms with Gasteiger partial charge >= 0.3 is 0 Å². The molecular weight excluding hydrogens is 162 g/mol. The Hall–Kier alpha value is -0.530. The molecule has 0 aromatic carbocycles. The van der Waals surface area contributed by atoms with Crippen molar-refractivity contribution in [2.45, 2.75) is 52.5 Å². The van der Waals surface area contributed by atoms with Gasteiger partial charge in [0.25, 0.3) is 0 Å². The number of nitrogens with zero attached hydrogens (tertiary/aromatic N) is 1. The van der Waals surface area contributed by atoms with Gasteiger partial charge in [0, 0.05) is 6.42 Å². The number of methoxy groups -OCH3 is 1.